The van der Waals surface area contributed by atoms with Crippen LogP contribution in [0.1, 0.15) is 10.4 Å². The van der Waals surface area contributed by atoms with Gasteiger partial charge in [0, 0.05) is 0 Å². The van der Waals surface area contributed by atoms with Crippen LogP contribution in [0.3, 0.4) is 0 Å². The maximum Gasteiger partial charge on any atom is 0.257 e. The number of halogens is 4. The summed E-state index contributed by atoms with van der Waals surface area (Å²) in [5, 5.41) is 3.36. The van der Waals surface area contributed by atoms with Crippen molar-refractivity contribution in [2.45, 2.75) is 0 Å². The van der Waals surface area contributed by atoms with Crippen molar-refractivity contribution in [2.24, 2.45) is 0 Å². The third-order valence-corrected chi connectivity index (χ3v) is 5.84. The molecule has 0 unspecified atom stereocenters. The molecule has 0 spiro atoms. The van der Waals surface area contributed by atoms with Gasteiger partial charge in [-0.05, 0) is 66.0 Å². The van der Waals surface area contributed by atoms with Crippen molar-refractivity contribution in [2.75, 3.05) is 5.32 Å². The number of nitrogens with one attached hydrogen (secondary N) is 1. The quantitative estimate of drug-likeness (QED) is 0.574. The smallest absolute Gasteiger partial charge is 0.257 e. The van der Waals surface area contributed by atoms with Crippen molar-refractivity contribution in [3.63, 3.8) is 0 Å². The van der Waals surface area contributed by atoms with Gasteiger partial charge in [0.25, 0.3) is 5.91 Å². The summed E-state index contributed by atoms with van der Waals surface area (Å²) in [4.78, 5) is 12.1. The van der Waals surface area contributed by atoms with E-state index in [-0.39, 0.29) is 5.91 Å². The van der Waals surface area contributed by atoms with E-state index in [1.807, 2.05) is 0 Å². The summed E-state index contributed by atoms with van der Waals surface area (Å²) in [5.74, 6) is -0.188. The number of hydrogen-bond donors (Lipinski definition) is 1. The van der Waals surface area contributed by atoms with Gasteiger partial charge in [0.15, 0.2) is 0 Å². The van der Waals surface area contributed by atoms with Crippen LogP contribution in [-0.2, 0) is 0 Å². The van der Waals surface area contributed by atoms with Crippen LogP contribution in [0.5, 0.6) is 0 Å². The van der Waals surface area contributed by atoms with Crippen LogP contribution in [-0.4, -0.2) is 5.91 Å². The highest BCUT2D eigenvalue weighted by molar-refractivity contribution is 9.12. The largest absolute Gasteiger partial charge is 0.321 e. The first-order chi connectivity index (χ1) is 8.49. The Labute approximate surface area is 138 Å². The van der Waals surface area contributed by atoms with Crippen LogP contribution < -0.4 is 5.32 Å². The van der Waals surface area contributed by atoms with Gasteiger partial charge in [-0.2, -0.15) is 0 Å². The zero-order valence-electron chi connectivity index (χ0n) is 8.64. The SMILES string of the molecule is O=C(Nc1cccc(Cl)c1Br)c1cc(Br)sc1Br. The summed E-state index contributed by atoms with van der Waals surface area (Å²) in [5.41, 5.74) is 1.22. The number of benzene rings is 1. The maximum atomic E-state index is 12.1. The maximum absolute atomic E-state index is 12.1. The minimum absolute atomic E-state index is 0.188. The van der Waals surface area contributed by atoms with Crippen LogP contribution in [0.4, 0.5) is 5.69 Å². The average Bonchev–Trinajstić information content (AvgIpc) is 2.64. The van der Waals surface area contributed by atoms with E-state index in [4.69, 9.17) is 11.6 Å². The van der Waals surface area contributed by atoms with Crippen molar-refractivity contribution < 1.29 is 4.79 Å². The Kier molecular flexibility index (Phi) is 4.88. The summed E-state index contributed by atoms with van der Waals surface area (Å²) < 4.78 is 2.35. The Morgan fingerprint density at radius 3 is 2.61 bits per heavy atom. The van der Waals surface area contributed by atoms with Gasteiger partial charge in [-0.1, -0.05) is 17.7 Å². The molecule has 0 saturated carbocycles. The lowest BCUT2D eigenvalue weighted by atomic mass is 10.3. The van der Waals surface area contributed by atoms with Gasteiger partial charge in [0.2, 0.25) is 0 Å². The molecule has 94 valence electrons. The minimum atomic E-state index is -0.188. The summed E-state index contributed by atoms with van der Waals surface area (Å²) in [7, 11) is 0. The van der Waals surface area contributed by atoms with Crippen LogP contribution in [0, 0.1) is 0 Å². The summed E-state index contributed by atoms with van der Waals surface area (Å²) in [6.45, 7) is 0. The summed E-state index contributed by atoms with van der Waals surface area (Å²) in [6, 6.07) is 7.07. The zero-order chi connectivity index (χ0) is 13.3. The van der Waals surface area contributed by atoms with E-state index in [0.717, 1.165) is 7.57 Å². The molecule has 1 heterocycles. The molecule has 2 nitrogen and oxygen atoms in total. The lowest BCUT2D eigenvalue weighted by Crippen LogP contribution is -2.11. The van der Waals surface area contributed by atoms with E-state index in [1.165, 1.54) is 11.3 Å². The van der Waals surface area contributed by atoms with Crippen molar-refractivity contribution in [3.8, 4) is 0 Å². The van der Waals surface area contributed by atoms with Gasteiger partial charge < -0.3 is 5.32 Å². The lowest BCUT2D eigenvalue weighted by Gasteiger charge is -2.07. The van der Waals surface area contributed by atoms with Crippen LogP contribution in [0.2, 0.25) is 5.02 Å². The first-order valence-corrected chi connectivity index (χ1v) is 8.26. The van der Waals surface area contributed by atoms with Gasteiger partial charge in [0.05, 0.1) is 28.3 Å². The molecule has 0 saturated heterocycles. The van der Waals surface area contributed by atoms with Crippen molar-refractivity contribution in [3.05, 3.63) is 46.9 Å². The van der Waals surface area contributed by atoms with Gasteiger partial charge in [-0.3, -0.25) is 4.79 Å². The molecule has 1 aromatic heterocycles. The molecule has 0 radical (unpaired) electrons. The Balaban J connectivity index is 2.27. The predicted molar refractivity (Wildman–Crippen MR) is 86.8 cm³/mol. The molecule has 0 fully saturated rings. The molecule has 0 bridgehead atoms. The summed E-state index contributed by atoms with van der Waals surface area (Å²) >= 11 is 17.5. The van der Waals surface area contributed by atoms with Crippen molar-refractivity contribution in [1.82, 2.24) is 0 Å². The van der Waals surface area contributed by atoms with Gasteiger partial charge in [-0.15, -0.1) is 11.3 Å². The predicted octanol–water partition coefficient (Wildman–Crippen LogP) is 5.94. The molecule has 0 aliphatic carbocycles. The number of carbonyl (C=O) groups excluding carboxylic acids is 1. The van der Waals surface area contributed by atoms with E-state index in [0.29, 0.717) is 20.7 Å². The Hall–Kier alpha value is 0.120. The highest BCUT2D eigenvalue weighted by Crippen LogP contribution is 2.34. The second kappa shape index (κ2) is 6.05. The van der Waals surface area contributed by atoms with Crippen molar-refractivity contribution >= 4 is 82.3 Å². The standard InChI is InChI=1S/C11H5Br3ClNOS/c12-8-4-5(10(14)18-8)11(17)16-7-3-1-2-6(15)9(7)13/h1-4H,(H,16,17). The highest BCUT2D eigenvalue weighted by atomic mass is 79.9. The molecule has 0 atom stereocenters. The van der Waals surface area contributed by atoms with Crippen molar-refractivity contribution in [1.29, 1.82) is 0 Å². The number of amides is 1. The van der Waals surface area contributed by atoms with Crippen LogP contribution >= 0.6 is 70.7 Å². The molecule has 1 aromatic carbocycles. The summed E-state index contributed by atoms with van der Waals surface area (Å²) in [6.07, 6.45) is 0. The number of anilines is 1. The normalized spacial score (nSPS) is 10.4. The minimum Gasteiger partial charge on any atom is -0.321 e. The number of carbonyl (C=O) groups is 1. The van der Waals surface area contributed by atoms with E-state index >= 15 is 0 Å². The molecule has 0 aliphatic heterocycles. The second-order valence-corrected chi connectivity index (χ2v) is 8.24. The number of hydrogen-bond acceptors (Lipinski definition) is 2. The molecule has 2 aromatic rings. The van der Waals surface area contributed by atoms with Gasteiger partial charge in [-0.25, -0.2) is 0 Å². The lowest BCUT2D eigenvalue weighted by molar-refractivity contribution is 0.102. The molecule has 0 aliphatic rings. The zero-order valence-corrected chi connectivity index (χ0v) is 15.0. The first kappa shape index (κ1) is 14.5. The Bertz CT molecular complexity index is 614. The van der Waals surface area contributed by atoms with Gasteiger partial charge in [0.1, 0.15) is 0 Å². The molecular formula is C11H5Br3ClNOS. The van der Waals surface area contributed by atoms with Gasteiger partial charge >= 0.3 is 0 Å². The fourth-order valence-corrected chi connectivity index (χ4v) is 4.62. The second-order valence-electron chi connectivity index (χ2n) is 3.29. The fraction of sp³-hybridized carbons (Fsp3) is 0. The molecular weight excluding hydrogens is 469 g/mol. The van der Waals surface area contributed by atoms with E-state index in [2.05, 4.69) is 53.1 Å². The Morgan fingerprint density at radius 2 is 2.00 bits per heavy atom. The molecule has 18 heavy (non-hydrogen) atoms. The number of rotatable bonds is 2. The molecule has 2 rings (SSSR count). The fourth-order valence-electron chi connectivity index (χ4n) is 1.29. The van der Waals surface area contributed by atoms with Crippen LogP contribution in [0.15, 0.2) is 36.3 Å². The van der Waals surface area contributed by atoms with E-state index in [1.54, 1.807) is 24.3 Å². The first-order valence-electron chi connectivity index (χ1n) is 4.69. The molecule has 1 amide bonds. The van der Waals surface area contributed by atoms with E-state index < -0.39 is 0 Å². The Morgan fingerprint density at radius 1 is 1.28 bits per heavy atom. The average molecular weight is 474 g/mol. The molecule has 7 heteroatoms. The highest BCUT2D eigenvalue weighted by Gasteiger charge is 2.15. The van der Waals surface area contributed by atoms with Crippen LogP contribution in [0.25, 0.3) is 0 Å². The van der Waals surface area contributed by atoms with E-state index in [9.17, 15) is 4.79 Å². The molecule has 1 N–H and O–H groups in total. The monoisotopic (exact) mass is 471 g/mol. The number of thiophene rings is 1. The third-order valence-electron chi connectivity index (χ3n) is 2.10. The third kappa shape index (κ3) is 3.17. The topological polar surface area (TPSA) is 29.1 Å².